The third-order valence-corrected chi connectivity index (χ3v) is 3.56. The van der Waals surface area contributed by atoms with E-state index in [9.17, 15) is 9.59 Å². The third-order valence-electron chi connectivity index (χ3n) is 3.56. The second-order valence-electron chi connectivity index (χ2n) is 5.53. The minimum atomic E-state index is -0.823. The van der Waals surface area contributed by atoms with E-state index in [4.69, 9.17) is 9.84 Å². The van der Waals surface area contributed by atoms with Crippen molar-refractivity contribution in [1.29, 1.82) is 0 Å². The first-order valence-electron chi connectivity index (χ1n) is 7.34. The summed E-state index contributed by atoms with van der Waals surface area (Å²) in [5.74, 6) is -0.336. The van der Waals surface area contributed by atoms with Crippen molar-refractivity contribution in [3.8, 4) is 0 Å². The molecule has 6 heteroatoms. The molecule has 0 unspecified atom stereocenters. The van der Waals surface area contributed by atoms with E-state index in [1.807, 2.05) is 13.8 Å². The molecule has 116 valence electrons. The Labute approximate surface area is 120 Å². The Morgan fingerprint density at radius 3 is 2.55 bits per heavy atom. The summed E-state index contributed by atoms with van der Waals surface area (Å²) in [6.45, 7) is 6.57. The lowest BCUT2D eigenvalue weighted by Gasteiger charge is -2.29. The molecule has 0 aromatic heterocycles. The Bertz CT molecular complexity index is 314. The van der Waals surface area contributed by atoms with E-state index < -0.39 is 5.97 Å². The van der Waals surface area contributed by atoms with Crippen LogP contribution in [0.5, 0.6) is 0 Å². The van der Waals surface area contributed by atoms with Crippen molar-refractivity contribution in [3.05, 3.63) is 0 Å². The maximum absolute atomic E-state index is 12.1. The first-order valence-corrected chi connectivity index (χ1v) is 7.34. The van der Waals surface area contributed by atoms with Gasteiger partial charge in [-0.2, -0.15) is 0 Å². The molecule has 1 aliphatic rings. The van der Waals surface area contributed by atoms with Crippen LogP contribution in [0.2, 0.25) is 0 Å². The summed E-state index contributed by atoms with van der Waals surface area (Å²) in [6.07, 6.45) is 2.55. The molecule has 1 aliphatic heterocycles. The van der Waals surface area contributed by atoms with E-state index in [1.54, 1.807) is 4.90 Å². The highest BCUT2D eigenvalue weighted by molar-refractivity contribution is 5.74. The molecule has 1 fully saturated rings. The quantitative estimate of drug-likeness (QED) is 0.746. The van der Waals surface area contributed by atoms with E-state index >= 15 is 0 Å². The number of hydrogen-bond donors (Lipinski definition) is 2. The molecular formula is C14H26N2O4. The summed E-state index contributed by atoms with van der Waals surface area (Å²) in [5, 5.41) is 11.6. The summed E-state index contributed by atoms with van der Waals surface area (Å²) < 4.78 is 5.29. The van der Waals surface area contributed by atoms with Gasteiger partial charge in [-0.1, -0.05) is 0 Å². The van der Waals surface area contributed by atoms with Crippen molar-refractivity contribution in [3.63, 3.8) is 0 Å². The number of nitrogens with one attached hydrogen (secondary N) is 1. The molecule has 0 bridgehead atoms. The Kier molecular flexibility index (Phi) is 7.36. The highest BCUT2D eigenvalue weighted by Gasteiger charge is 2.19. The summed E-state index contributed by atoms with van der Waals surface area (Å²) in [7, 11) is 0. The highest BCUT2D eigenvalue weighted by Crippen LogP contribution is 2.13. The number of hydrogen-bond acceptors (Lipinski definition) is 3. The number of carbonyl (C=O) groups is 2. The van der Waals surface area contributed by atoms with E-state index in [-0.39, 0.29) is 18.5 Å². The van der Waals surface area contributed by atoms with Gasteiger partial charge in [-0.05, 0) is 39.0 Å². The minimum absolute atomic E-state index is 0.0680. The van der Waals surface area contributed by atoms with Gasteiger partial charge in [-0.3, -0.25) is 4.79 Å². The van der Waals surface area contributed by atoms with Gasteiger partial charge in [0.2, 0.25) is 0 Å². The smallest absolute Gasteiger partial charge is 0.317 e. The van der Waals surface area contributed by atoms with Gasteiger partial charge in [0.1, 0.15) is 0 Å². The summed E-state index contributed by atoms with van der Waals surface area (Å²) in [5.41, 5.74) is 0. The number of ether oxygens (including phenoxy) is 1. The Hall–Kier alpha value is -1.30. The van der Waals surface area contributed by atoms with Crippen molar-refractivity contribution in [1.82, 2.24) is 10.2 Å². The number of carboxylic acids is 1. The van der Waals surface area contributed by atoms with Crippen molar-refractivity contribution >= 4 is 12.0 Å². The number of carbonyl (C=O) groups excluding carboxylic acids is 1. The Balaban J connectivity index is 2.32. The topological polar surface area (TPSA) is 78.9 Å². The lowest BCUT2D eigenvalue weighted by molar-refractivity contribution is -0.137. The van der Waals surface area contributed by atoms with Gasteiger partial charge in [0.25, 0.3) is 0 Å². The lowest BCUT2D eigenvalue weighted by atomic mass is 10.0. The predicted molar refractivity (Wildman–Crippen MR) is 75.7 cm³/mol. The molecule has 2 N–H and O–H groups in total. The Morgan fingerprint density at radius 2 is 2.00 bits per heavy atom. The molecule has 2 amide bonds. The Morgan fingerprint density at radius 1 is 1.35 bits per heavy atom. The van der Waals surface area contributed by atoms with Gasteiger partial charge in [0.15, 0.2) is 0 Å². The van der Waals surface area contributed by atoms with Gasteiger partial charge < -0.3 is 20.1 Å². The van der Waals surface area contributed by atoms with Gasteiger partial charge in [0, 0.05) is 38.8 Å². The number of rotatable bonds is 7. The molecule has 0 aliphatic carbocycles. The molecule has 0 aromatic rings. The SMILES string of the molecule is CC(C)N(CCCC(=O)O)C(=O)NCC1CCOCC1. The number of urea groups is 1. The molecule has 0 spiro atoms. The molecule has 0 radical (unpaired) electrons. The molecule has 0 atom stereocenters. The van der Waals surface area contributed by atoms with Crippen LogP contribution in [0.3, 0.4) is 0 Å². The second-order valence-corrected chi connectivity index (χ2v) is 5.53. The van der Waals surface area contributed by atoms with Crippen molar-refractivity contribution < 1.29 is 19.4 Å². The van der Waals surface area contributed by atoms with Gasteiger partial charge in [0.05, 0.1) is 0 Å². The number of nitrogens with zero attached hydrogens (tertiary/aromatic N) is 1. The molecular weight excluding hydrogens is 260 g/mol. The zero-order valence-electron chi connectivity index (χ0n) is 12.4. The van der Waals surface area contributed by atoms with E-state index in [0.717, 1.165) is 26.1 Å². The predicted octanol–water partition coefficient (Wildman–Crippen LogP) is 1.70. The third kappa shape index (κ3) is 6.23. The van der Waals surface area contributed by atoms with Crippen LogP contribution in [0, 0.1) is 5.92 Å². The van der Waals surface area contributed by atoms with Crippen LogP contribution < -0.4 is 5.32 Å². The van der Waals surface area contributed by atoms with Crippen molar-refractivity contribution in [2.24, 2.45) is 5.92 Å². The first-order chi connectivity index (χ1) is 9.50. The number of aliphatic carboxylic acids is 1. The van der Waals surface area contributed by atoms with Crippen LogP contribution in [-0.4, -0.2) is 54.4 Å². The van der Waals surface area contributed by atoms with Crippen LogP contribution in [0.4, 0.5) is 4.79 Å². The maximum atomic E-state index is 12.1. The normalized spacial score (nSPS) is 16.1. The van der Waals surface area contributed by atoms with Gasteiger partial charge in [-0.25, -0.2) is 4.79 Å². The standard InChI is InChI=1S/C14H26N2O4/c1-11(2)16(7-3-4-13(17)18)14(19)15-10-12-5-8-20-9-6-12/h11-12H,3-10H2,1-2H3,(H,15,19)(H,17,18). The highest BCUT2D eigenvalue weighted by atomic mass is 16.5. The zero-order valence-corrected chi connectivity index (χ0v) is 12.4. The maximum Gasteiger partial charge on any atom is 0.317 e. The fourth-order valence-electron chi connectivity index (χ4n) is 2.28. The first kappa shape index (κ1) is 16.8. The molecule has 1 saturated heterocycles. The van der Waals surface area contributed by atoms with E-state index in [0.29, 0.717) is 25.4 Å². The zero-order chi connectivity index (χ0) is 15.0. The molecule has 0 aromatic carbocycles. The fourth-order valence-corrected chi connectivity index (χ4v) is 2.28. The molecule has 1 heterocycles. The van der Waals surface area contributed by atoms with Gasteiger partial charge >= 0.3 is 12.0 Å². The number of amides is 2. The van der Waals surface area contributed by atoms with E-state index in [2.05, 4.69) is 5.32 Å². The van der Waals surface area contributed by atoms with Crippen molar-refractivity contribution in [2.45, 2.75) is 45.6 Å². The summed E-state index contributed by atoms with van der Waals surface area (Å²) in [6, 6.07) is -0.0321. The van der Waals surface area contributed by atoms with Crippen molar-refractivity contribution in [2.75, 3.05) is 26.3 Å². The van der Waals surface area contributed by atoms with E-state index in [1.165, 1.54) is 0 Å². The largest absolute Gasteiger partial charge is 0.481 e. The average molecular weight is 286 g/mol. The van der Waals surface area contributed by atoms with Crippen LogP contribution in [0.15, 0.2) is 0 Å². The van der Waals surface area contributed by atoms with Crippen LogP contribution in [0.25, 0.3) is 0 Å². The molecule has 20 heavy (non-hydrogen) atoms. The monoisotopic (exact) mass is 286 g/mol. The summed E-state index contributed by atoms with van der Waals surface area (Å²) >= 11 is 0. The minimum Gasteiger partial charge on any atom is -0.481 e. The molecule has 6 nitrogen and oxygen atoms in total. The molecule has 1 rings (SSSR count). The second kappa shape index (κ2) is 8.79. The number of carboxylic acid groups (broad SMARTS) is 1. The molecule has 0 saturated carbocycles. The van der Waals surface area contributed by atoms with Crippen LogP contribution in [-0.2, 0) is 9.53 Å². The summed E-state index contributed by atoms with van der Waals surface area (Å²) in [4.78, 5) is 24.4. The van der Waals surface area contributed by atoms with Crippen LogP contribution in [0.1, 0.15) is 39.5 Å². The lowest BCUT2D eigenvalue weighted by Crippen LogP contribution is -2.46. The fraction of sp³-hybridized carbons (Fsp3) is 0.857. The average Bonchev–Trinajstić information content (AvgIpc) is 2.41. The van der Waals surface area contributed by atoms with Crippen LogP contribution >= 0.6 is 0 Å². The van der Waals surface area contributed by atoms with Gasteiger partial charge in [-0.15, -0.1) is 0 Å².